The lowest BCUT2D eigenvalue weighted by molar-refractivity contribution is -0.144. The number of carbonyl (C=O) groups excluding carboxylic acids is 3. The van der Waals surface area contributed by atoms with Crippen LogP contribution in [0.15, 0.2) is 11.6 Å². The van der Waals surface area contributed by atoms with Crippen molar-refractivity contribution in [1.29, 1.82) is 0 Å². The fourth-order valence-corrected chi connectivity index (χ4v) is 3.74. The predicted molar refractivity (Wildman–Crippen MR) is 76.5 cm³/mol. The molecule has 0 aromatic carbocycles. The maximum Gasteiger partial charge on any atom is 0.330 e. The third-order valence-electron chi connectivity index (χ3n) is 4.19. The van der Waals surface area contributed by atoms with Gasteiger partial charge < -0.3 is 0 Å². The van der Waals surface area contributed by atoms with E-state index in [1.165, 1.54) is 16.2 Å². The van der Waals surface area contributed by atoms with Crippen molar-refractivity contribution < 1.29 is 14.4 Å². The minimum atomic E-state index is -0.693. The van der Waals surface area contributed by atoms with Crippen LogP contribution in [-0.2, 0) is 16.0 Å². The molecule has 0 bridgehead atoms. The van der Waals surface area contributed by atoms with Gasteiger partial charge in [-0.2, -0.15) is 0 Å². The highest BCUT2D eigenvalue weighted by Crippen LogP contribution is 2.33. The van der Waals surface area contributed by atoms with Gasteiger partial charge in [0, 0.05) is 24.5 Å². The normalized spacial score (nSPS) is 23.7. The molecule has 1 atom stereocenters. The Kier molecular flexibility index (Phi) is 4.01. The molecular formula is C14H17N3O3S. The highest BCUT2D eigenvalue weighted by Gasteiger charge is 2.44. The molecule has 7 heteroatoms. The summed E-state index contributed by atoms with van der Waals surface area (Å²) in [6, 6.07) is -0.601. The van der Waals surface area contributed by atoms with Crippen molar-refractivity contribution in [3.05, 3.63) is 16.6 Å². The average Bonchev–Trinajstić information content (AvgIpc) is 3.10. The molecule has 0 spiro atoms. The average molecular weight is 307 g/mol. The molecule has 4 amide bonds. The molecule has 112 valence electrons. The maximum absolute atomic E-state index is 12.5. The summed E-state index contributed by atoms with van der Waals surface area (Å²) in [5.41, 5.74) is 0. The van der Waals surface area contributed by atoms with E-state index in [0.29, 0.717) is 6.42 Å². The van der Waals surface area contributed by atoms with Crippen LogP contribution in [0.25, 0.3) is 0 Å². The number of aromatic nitrogens is 1. The van der Waals surface area contributed by atoms with E-state index in [0.717, 1.165) is 30.7 Å². The van der Waals surface area contributed by atoms with Crippen LogP contribution in [0.1, 0.15) is 30.7 Å². The molecular weight excluding hydrogens is 290 g/mol. The number of imide groups is 2. The van der Waals surface area contributed by atoms with Crippen LogP contribution in [-0.4, -0.2) is 34.3 Å². The third-order valence-corrected chi connectivity index (χ3v) is 5.03. The van der Waals surface area contributed by atoms with Gasteiger partial charge in [-0.1, -0.05) is 12.8 Å². The van der Waals surface area contributed by atoms with Crippen molar-refractivity contribution in [3.63, 3.8) is 0 Å². The molecule has 1 aromatic heterocycles. The van der Waals surface area contributed by atoms with Gasteiger partial charge in [0.05, 0.1) is 5.01 Å². The molecule has 1 saturated heterocycles. The summed E-state index contributed by atoms with van der Waals surface area (Å²) in [7, 11) is 0. The van der Waals surface area contributed by atoms with Gasteiger partial charge in [0.15, 0.2) is 0 Å². The summed E-state index contributed by atoms with van der Waals surface area (Å²) in [5.74, 6) is -1.39. The second-order valence-electron chi connectivity index (χ2n) is 5.48. The predicted octanol–water partition coefficient (Wildman–Crippen LogP) is 1.57. The summed E-state index contributed by atoms with van der Waals surface area (Å²) in [6.45, 7) is 0.272. The van der Waals surface area contributed by atoms with Gasteiger partial charge in [0.2, 0.25) is 11.8 Å². The first-order valence-corrected chi connectivity index (χ1v) is 8.09. The highest BCUT2D eigenvalue weighted by atomic mass is 32.1. The molecule has 1 saturated carbocycles. The summed E-state index contributed by atoms with van der Waals surface area (Å²) in [6.07, 6.45) is 6.10. The summed E-state index contributed by atoms with van der Waals surface area (Å²) >= 11 is 1.49. The lowest BCUT2D eigenvalue weighted by Crippen LogP contribution is -2.59. The van der Waals surface area contributed by atoms with Crippen LogP contribution in [0.2, 0.25) is 0 Å². The number of hydrogen-bond acceptors (Lipinski definition) is 5. The summed E-state index contributed by atoms with van der Waals surface area (Å²) in [4.78, 5) is 41.7. The van der Waals surface area contributed by atoms with E-state index in [4.69, 9.17) is 0 Å². The van der Waals surface area contributed by atoms with Crippen LogP contribution in [0.4, 0.5) is 4.79 Å². The van der Waals surface area contributed by atoms with Gasteiger partial charge in [0.1, 0.15) is 5.92 Å². The summed E-state index contributed by atoms with van der Waals surface area (Å²) < 4.78 is 0. The Morgan fingerprint density at radius 3 is 2.71 bits per heavy atom. The molecule has 2 aliphatic rings. The number of urea groups is 1. The second kappa shape index (κ2) is 5.93. The third kappa shape index (κ3) is 2.83. The van der Waals surface area contributed by atoms with E-state index in [2.05, 4.69) is 10.3 Å². The van der Waals surface area contributed by atoms with Crippen molar-refractivity contribution in [1.82, 2.24) is 15.2 Å². The molecule has 3 rings (SSSR count). The molecule has 0 radical (unpaired) electrons. The molecule has 6 nitrogen and oxygen atoms in total. The molecule has 1 N–H and O–H groups in total. The van der Waals surface area contributed by atoms with Crippen molar-refractivity contribution >= 4 is 29.2 Å². The van der Waals surface area contributed by atoms with Crippen LogP contribution in [0.3, 0.4) is 0 Å². The lowest BCUT2D eigenvalue weighted by atomic mass is 9.87. The number of hydrogen-bond donors (Lipinski definition) is 1. The van der Waals surface area contributed by atoms with Gasteiger partial charge in [-0.05, 0) is 18.8 Å². The van der Waals surface area contributed by atoms with E-state index in [-0.39, 0.29) is 18.4 Å². The quantitative estimate of drug-likeness (QED) is 0.856. The maximum atomic E-state index is 12.5. The van der Waals surface area contributed by atoms with E-state index < -0.39 is 17.9 Å². The number of amides is 4. The van der Waals surface area contributed by atoms with Gasteiger partial charge in [-0.3, -0.25) is 19.8 Å². The van der Waals surface area contributed by atoms with E-state index >= 15 is 0 Å². The summed E-state index contributed by atoms with van der Waals surface area (Å²) in [5, 5.41) is 5.07. The Morgan fingerprint density at radius 2 is 2.05 bits per heavy atom. The molecule has 2 heterocycles. The van der Waals surface area contributed by atoms with Crippen molar-refractivity contribution in [2.75, 3.05) is 6.54 Å². The Labute approximate surface area is 126 Å². The molecule has 21 heavy (non-hydrogen) atoms. The monoisotopic (exact) mass is 307 g/mol. The number of carbonyl (C=O) groups is 3. The Bertz CT molecular complexity index is 552. The molecule has 1 aliphatic heterocycles. The lowest BCUT2D eigenvalue weighted by Gasteiger charge is -2.32. The van der Waals surface area contributed by atoms with E-state index in [9.17, 15) is 14.4 Å². The number of nitrogens with zero attached hydrogens (tertiary/aromatic N) is 2. The number of rotatable bonds is 4. The van der Waals surface area contributed by atoms with Crippen molar-refractivity contribution in [2.45, 2.75) is 32.1 Å². The van der Waals surface area contributed by atoms with E-state index in [1.807, 2.05) is 5.38 Å². The highest BCUT2D eigenvalue weighted by molar-refractivity contribution is 7.09. The zero-order valence-electron chi connectivity index (χ0n) is 11.6. The minimum Gasteiger partial charge on any atom is -0.277 e. The fourth-order valence-electron chi connectivity index (χ4n) is 3.13. The molecule has 1 aromatic rings. The SMILES string of the molecule is O=C1NC(=O)N(CCc2nccs2)C(=O)C1C1CCCC1. The van der Waals surface area contributed by atoms with Gasteiger partial charge in [0.25, 0.3) is 0 Å². The van der Waals surface area contributed by atoms with Gasteiger partial charge in [-0.15, -0.1) is 11.3 Å². The number of nitrogens with one attached hydrogen (secondary N) is 1. The molecule has 1 unspecified atom stereocenters. The molecule has 2 fully saturated rings. The first-order valence-electron chi connectivity index (χ1n) is 7.21. The second-order valence-corrected chi connectivity index (χ2v) is 6.46. The Balaban J connectivity index is 1.71. The zero-order valence-corrected chi connectivity index (χ0v) is 12.4. The van der Waals surface area contributed by atoms with Crippen molar-refractivity contribution in [3.8, 4) is 0 Å². The smallest absolute Gasteiger partial charge is 0.277 e. The van der Waals surface area contributed by atoms with Crippen LogP contribution < -0.4 is 5.32 Å². The van der Waals surface area contributed by atoms with Gasteiger partial charge >= 0.3 is 6.03 Å². The van der Waals surface area contributed by atoms with E-state index in [1.54, 1.807) is 6.20 Å². The largest absolute Gasteiger partial charge is 0.330 e. The first-order chi connectivity index (χ1) is 10.2. The Morgan fingerprint density at radius 1 is 1.29 bits per heavy atom. The topological polar surface area (TPSA) is 79.4 Å². The van der Waals surface area contributed by atoms with Crippen molar-refractivity contribution in [2.24, 2.45) is 11.8 Å². The minimum absolute atomic E-state index is 0.0768. The fraction of sp³-hybridized carbons (Fsp3) is 0.571. The van der Waals surface area contributed by atoms with Crippen LogP contribution in [0.5, 0.6) is 0 Å². The molecule has 1 aliphatic carbocycles. The Hall–Kier alpha value is -1.76. The van der Waals surface area contributed by atoms with Gasteiger partial charge in [-0.25, -0.2) is 9.78 Å². The number of thiazole rings is 1. The first kappa shape index (κ1) is 14.2. The van der Waals surface area contributed by atoms with Crippen LogP contribution in [0, 0.1) is 11.8 Å². The zero-order chi connectivity index (χ0) is 14.8. The van der Waals surface area contributed by atoms with Crippen LogP contribution >= 0.6 is 11.3 Å². The number of barbiturate groups is 1. The standard InChI is InChI=1S/C14H17N3O3S/c18-12-11(9-3-1-2-4-9)13(19)17(14(20)16-12)7-5-10-15-6-8-21-10/h6,8-9,11H,1-5,7H2,(H,16,18,20).